The smallest absolute Gasteiger partial charge is 0.210 e. The molecule has 0 saturated carbocycles. The van der Waals surface area contributed by atoms with Gasteiger partial charge in [0.1, 0.15) is 17.3 Å². The lowest BCUT2D eigenvalue weighted by molar-refractivity contribution is 0.498. The van der Waals surface area contributed by atoms with Crippen molar-refractivity contribution < 1.29 is 4.74 Å². The predicted molar refractivity (Wildman–Crippen MR) is 131 cm³/mol. The number of H-pyrrole nitrogens is 1. The number of aromatic amines is 1. The summed E-state index contributed by atoms with van der Waals surface area (Å²) in [5.41, 5.74) is 11.5. The van der Waals surface area contributed by atoms with Crippen molar-refractivity contribution in [1.29, 1.82) is 0 Å². The minimum absolute atomic E-state index is 0.393. The monoisotopic (exact) mass is 470 g/mol. The first kappa shape index (κ1) is 21.7. The summed E-state index contributed by atoms with van der Waals surface area (Å²) in [7, 11) is 0. The van der Waals surface area contributed by atoms with Crippen LogP contribution in [0.5, 0.6) is 10.8 Å². The highest BCUT2D eigenvalue weighted by molar-refractivity contribution is 7.13. The number of tetrazole rings is 1. The van der Waals surface area contributed by atoms with E-state index in [1.165, 1.54) is 11.3 Å². The Labute approximate surface area is 200 Å². The summed E-state index contributed by atoms with van der Waals surface area (Å²) in [5.74, 6) is 1.68. The van der Waals surface area contributed by atoms with E-state index in [1.54, 1.807) is 6.20 Å². The number of nitrogens with one attached hydrogen (secondary N) is 1. The first-order valence-corrected chi connectivity index (χ1v) is 11.5. The van der Waals surface area contributed by atoms with E-state index in [1.807, 2.05) is 50.2 Å². The Balaban J connectivity index is 1.49. The Morgan fingerprint density at radius 3 is 2.74 bits per heavy atom. The van der Waals surface area contributed by atoms with Gasteiger partial charge in [-0.2, -0.15) is 5.21 Å². The number of benzene rings is 1. The molecule has 0 aliphatic rings. The maximum absolute atomic E-state index is 6.41. The van der Waals surface area contributed by atoms with Crippen molar-refractivity contribution in [3.05, 3.63) is 76.8 Å². The Bertz CT molecular complexity index is 1430. The summed E-state index contributed by atoms with van der Waals surface area (Å²) in [4.78, 5) is 13.6. The van der Waals surface area contributed by atoms with Gasteiger partial charge in [-0.15, -0.1) is 10.2 Å². The van der Waals surface area contributed by atoms with E-state index in [-0.39, 0.29) is 0 Å². The van der Waals surface area contributed by atoms with Gasteiger partial charge >= 0.3 is 0 Å². The second-order valence-corrected chi connectivity index (χ2v) is 8.90. The molecule has 3 N–H and O–H groups in total. The number of thiazole rings is 1. The van der Waals surface area contributed by atoms with Gasteiger partial charge in [0, 0.05) is 18.3 Å². The van der Waals surface area contributed by atoms with E-state index in [2.05, 4.69) is 47.7 Å². The van der Waals surface area contributed by atoms with Crippen LogP contribution in [0.4, 0.5) is 5.82 Å². The van der Waals surface area contributed by atoms with E-state index >= 15 is 0 Å². The molecule has 5 aromatic rings. The van der Waals surface area contributed by atoms with Gasteiger partial charge in [0.05, 0.1) is 16.3 Å². The lowest BCUT2D eigenvalue weighted by Crippen LogP contribution is -1.99. The lowest BCUT2D eigenvalue weighted by atomic mass is 10.0. The third-order valence-corrected chi connectivity index (χ3v) is 6.07. The molecule has 0 unspecified atom stereocenters. The SMILES string of the molecule is Cc1cccc(-c2nc(C)sc2Oc2ccnc(N)c2-c2cccc(CCc3nn[nH]n3)c2)n1. The Hall–Kier alpha value is -4.18. The summed E-state index contributed by atoms with van der Waals surface area (Å²) in [6, 6.07) is 15.8. The number of aromatic nitrogens is 7. The molecule has 9 nitrogen and oxygen atoms in total. The van der Waals surface area contributed by atoms with Crippen LogP contribution >= 0.6 is 11.3 Å². The van der Waals surface area contributed by atoms with Crippen molar-refractivity contribution >= 4 is 17.2 Å². The molecule has 0 aliphatic heterocycles. The second-order valence-electron chi connectivity index (χ2n) is 7.73. The average molecular weight is 471 g/mol. The fourth-order valence-electron chi connectivity index (χ4n) is 3.68. The predicted octanol–water partition coefficient (Wildman–Crippen LogP) is 4.56. The van der Waals surface area contributed by atoms with Gasteiger partial charge < -0.3 is 10.5 Å². The molecular weight excluding hydrogens is 448 g/mol. The molecule has 34 heavy (non-hydrogen) atoms. The van der Waals surface area contributed by atoms with Crippen LogP contribution in [0.1, 0.15) is 22.1 Å². The standard InChI is InChI=1S/C24H22N8OS/c1-14-5-3-8-18(27-14)22-24(34-15(2)28-22)33-19-11-12-26-23(25)21(19)17-7-4-6-16(13-17)9-10-20-29-31-32-30-20/h3-8,11-13H,9-10H2,1-2H3,(H2,25,26)(H,29,30,31,32). The van der Waals surface area contributed by atoms with Crippen molar-refractivity contribution in [1.82, 2.24) is 35.6 Å². The Kier molecular flexibility index (Phi) is 5.96. The third kappa shape index (κ3) is 4.62. The normalized spacial score (nSPS) is 11.0. The summed E-state index contributed by atoms with van der Waals surface area (Å²) in [5, 5.41) is 15.7. The highest BCUT2D eigenvalue weighted by Crippen LogP contribution is 2.42. The molecule has 10 heteroatoms. The molecule has 4 aromatic heterocycles. The highest BCUT2D eigenvalue weighted by atomic mass is 32.1. The zero-order chi connectivity index (χ0) is 23.5. The van der Waals surface area contributed by atoms with Gasteiger partial charge in [-0.25, -0.2) is 9.97 Å². The number of rotatable bonds is 7. The van der Waals surface area contributed by atoms with Crippen LogP contribution in [0, 0.1) is 13.8 Å². The third-order valence-electron chi connectivity index (χ3n) is 5.22. The number of hydrogen-bond donors (Lipinski definition) is 2. The largest absolute Gasteiger partial charge is 0.443 e. The Morgan fingerprint density at radius 1 is 1.03 bits per heavy atom. The fraction of sp³-hybridized carbons (Fsp3) is 0.167. The zero-order valence-electron chi connectivity index (χ0n) is 18.7. The molecule has 0 bridgehead atoms. The molecule has 0 aliphatic carbocycles. The second kappa shape index (κ2) is 9.36. The molecule has 170 valence electrons. The molecule has 0 spiro atoms. The fourth-order valence-corrected chi connectivity index (χ4v) is 4.46. The van der Waals surface area contributed by atoms with E-state index in [0.29, 0.717) is 34.6 Å². The molecule has 0 saturated heterocycles. The van der Waals surface area contributed by atoms with E-state index in [9.17, 15) is 0 Å². The van der Waals surface area contributed by atoms with Crippen LogP contribution in [-0.4, -0.2) is 35.6 Å². The molecule has 0 amide bonds. The van der Waals surface area contributed by atoms with Crippen molar-refractivity contribution in [3.8, 4) is 33.3 Å². The number of anilines is 1. The van der Waals surface area contributed by atoms with Gasteiger partial charge in [-0.05, 0) is 49.6 Å². The van der Waals surface area contributed by atoms with Gasteiger partial charge in [-0.1, -0.05) is 46.9 Å². The average Bonchev–Trinajstić information content (AvgIpc) is 3.47. The number of hydrogen-bond acceptors (Lipinski definition) is 9. The summed E-state index contributed by atoms with van der Waals surface area (Å²) in [6.07, 6.45) is 3.09. The van der Waals surface area contributed by atoms with Crippen LogP contribution in [0.25, 0.3) is 22.5 Å². The van der Waals surface area contributed by atoms with Gasteiger partial charge in [0.15, 0.2) is 5.82 Å². The molecule has 4 heterocycles. The topological polar surface area (TPSA) is 128 Å². The molecular formula is C24H22N8OS. The van der Waals surface area contributed by atoms with Crippen molar-refractivity contribution in [2.45, 2.75) is 26.7 Å². The van der Waals surface area contributed by atoms with E-state index in [4.69, 9.17) is 10.5 Å². The summed E-state index contributed by atoms with van der Waals surface area (Å²) < 4.78 is 6.41. The van der Waals surface area contributed by atoms with Gasteiger partial charge in [-0.3, -0.25) is 4.98 Å². The zero-order valence-corrected chi connectivity index (χ0v) is 19.5. The van der Waals surface area contributed by atoms with Crippen molar-refractivity contribution in [2.24, 2.45) is 0 Å². The number of nitrogens with zero attached hydrogens (tertiary/aromatic N) is 6. The lowest BCUT2D eigenvalue weighted by Gasteiger charge is -2.13. The van der Waals surface area contributed by atoms with Crippen LogP contribution in [0.2, 0.25) is 0 Å². The van der Waals surface area contributed by atoms with Gasteiger partial charge in [0.2, 0.25) is 5.06 Å². The quantitative estimate of drug-likeness (QED) is 0.354. The minimum Gasteiger partial charge on any atom is -0.443 e. The first-order valence-electron chi connectivity index (χ1n) is 10.7. The van der Waals surface area contributed by atoms with Crippen molar-refractivity contribution in [2.75, 3.05) is 5.73 Å². The summed E-state index contributed by atoms with van der Waals surface area (Å²) in [6.45, 7) is 3.91. The summed E-state index contributed by atoms with van der Waals surface area (Å²) >= 11 is 1.47. The molecule has 0 fully saturated rings. The molecule has 0 atom stereocenters. The van der Waals surface area contributed by atoms with Crippen LogP contribution in [0.3, 0.4) is 0 Å². The van der Waals surface area contributed by atoms with Crippen LogP contribution in [-0.2, 0) is 12.8 Å². The van der Waals surface area contributed by atoms with E-state index in [0.717, 1.165) is 39.5 Å². The minimum atomic E-state index is 0.393. The molecule has 5 rings (SSSR count). The first-order chi connectivity index (χ1) is 16.6. The highest BCUT2D eigenvalue weighted by Gasteiger charge is 2.19. The number of pyridine rings is 2. The van der Waals surface area contributed by atoms with Crippen LogP contribution < -0.4 is 10.5 Å². The van der Waals surface area contributed by atoms with Gasteiger partial charge in [0.25, 0.3) is 0 Å². The number of nitrogens with two attached hydrogens (primary N) is 1. The molecule has 0 radical (unpaired) electrons. The number of nitrogen functional groups attached to an aromatic ring is 1. The van der Waals surface area contributed by atoms with E-state index < -0.39 is 0 Å². The maximum Gasteiger partial charge on any atom is 0.210 e. The van der Waals surface area contributed by atoms with Crippen LogP contribution in [0.15, 0.2) is 54.7 Å². The number of ether oxygens (including phenoxy) is 1. The maximum atomic E-state index is 6.41. The van der Waals surface area contributed by atoms with Crippen molar-refractivity contribution in [3.63, 3.8) is 0 Å². The molecule has 1 aromatic carbocycles. The Morgan fingerprint density at radius 2 is 1.91 bits per heavy atom. The number of aryl methyl sites for hydroxylation is 4.